The molecule has 0 aliphatic carbocycles. The highest BCUT2D eigenvalue weighted by molar-refractivity contribution is 6.17. The number of ether oxygens (including phenoxy) is 1. The van der Waals surface area contributed by atoms with Gasteiger partial charge in [-0.2, -0.15) is 0 Å². The molecule has 1 aliphatic heterocycles. The van der Waals surface area contributed by atoms with E-state index in [1.54, 1.807) is 12.3 Å². The maximum absolute atomic E-state index is 11.5. The smallest absolute Gasteiger partial charge is 0.249 e. The highest BCUT2D eigenvalue weighted by atomic mass is 35.5. The van der Waals surface area contributed by atoms with Gasteiger partial charge in [0.1, 0.15) is 5.82 Å². The fourth-order valence-corrected chi connectivity index (χ4v) is 3.47. The van der Waals surface area contributed by atoms with E-state index in [2.05, 4.69) is 9.88 Å². The summed E-state index contributed by atoms with van der Waals surface area (Å²) in [4.78, 5) is 23.0. The number of hydrogen-bond donors (Lipinski definition) is 1. The molecule has 138 valence electrons. The second-order valence-corrected chi connectivity index (χ2v) is 6.67. The molecule has 1 aromatic heterocycles. The van der Waals surface area contributed by atoms with Gasteiger partial charge in [0.15, 0.2) is 0 Å². The van der Waals surface area contributed by atoms with Crippen LogP contribution in [0.25, 0.3) is 22.2 Å². The number of halogens is 1. The molecular weight excluding hydrogens is 364 g/mol. The van der Waals surface area contributed by atoms with Crippen LogP contribution in [0.4, 0.5) is 5.82 Å². The molecule has 2 aromatic carbocycles. The molecule has 0 spiro atoms. The first-order valence-corrected chi connectivity index (χ1v) is 9.28. The summed E-state index contributed by atoms with van der Waals surface area (Å²) in [5.41, 5.74) is 10.2. The maximum atomic E-state index is 11.5. The third kappa shape index (κ3) is 3.59. The Labute approximate surface area is 161 Å². The highest BCUT2D eigenvalue weighted by Crippen LogP contribution is 2.27. The van der Waals surface area contributed by atoms with Crippen LogP contribution in [0.1, 0.15) is 15.9 Å². The van der Waals surface area contributed by atoms with Crippen molar-refractivity contribution in [1.29, 1.82) is 0 Å². The van der Waals surface area contributed by atoms with E-state index in [0.717, 1.165) is 46.6 Å². The number of benzene rings is 2. The van der Waals surface area contributed by atoms with Gasteiger partial charge in [0.2, 0.25) is 5.91 Å². The molecule has 1 amide bonds. The van der Waals surface area contributed by atoms with Gasteiger partial charge in [0.25, 0.3) is 0 Å². The molecule has 2 N–H and O–H groups in total. The zero-order chi connectivity index (χ0) is 18.8. The van der Waals surface area contributed by atoms with Gasteiger partial charge < -0.3 is 15.4 Å². The molecule has 2 heterocycles. The third-order valence-electron chi connectivity index (χ3n) is 4.71. The number of aromatic nitrogens is 2. The quantitative estimate of drug-likeness (QED) is 0.701. The normalized spacial score (nSPS) is 14.5. The van der Waals surface area contributed by atoms with Crippen molar-refractivity contribution in [3.05, 3.63) is 53.7 Å². The van der Waals surface area contributed by atoms with Gasteiger partial charge in [-0.05, 0) is 41.0 Å². The lowest BCUT2D eigenvalue weighted by atomic mass is 9.99. The van der Waals surface area contributed by atoms with Crippen molar-refractivity contribution in [2.45, 2.75) is 5.88 Å². The van der Waals surface area contributed by atoms with Crippen molar-refractivity contribution >= 4 is 34.4 Å². The second kappa shape index (κ2) is 7.50. The number of nitrogens with two attached hydrogens (primary N) is 1. The number of rotatable bonds is 4. The molecule has 27 heavy (non-hydrogen) atoms. The van der Waals surface area contributed by atoms with Crippen molar-refractivity contribution in [2.24, 2.45) is 5.73 Å². The van der Waals surface area contributed by atoms with Crippen LogP contribution in [0.5, 0.6) is 0 Å². The summed E-state index contributed by atoms with van der Waals surface area (Å²) >= 11 is 5.99. The first-order chi connectivity index (χ1) is 13.2. The van der Waals surface area contributed by atoms with Gasteiger partial charge in [0.05, 0.1) is 30.4 Å². The Bertz CT molecular complexity index is 1000. The summed E-state index contributed by atoms with van der Waals surface area (Å²) < 4.78 is 5.40. The SMILES string of the molecule is NC(=O)c1ccc(-c2ccc3ncc(N4CCOCC4)nc3c2)cc1CCl. The van der Waals surface area contributed by atoms with E-state index in [0.29, 0.717) is 18.8 Å². The minimum atomic E-state index is -0.475. The molecule has 3 aromatic rings. The standard InChI is InChI=1S/C20H19ClN4O2/c21-11-15-9-13(1-3-16(15)20(22)26)14-2-4-17-18(10-14)24-19(12-23-17)25-5-7-27-8-6-25/h1-4,9-10,12H,5-8,11H2,(H2,22,26). The van der Waals surface area contributed by atoms with Crippen LogP contribution in [-0.4, -0.2) is 42.2 Å². The number of fused-ring (bicyclic) bond motifs is 1. The number of primary amides is 1. The lowest BCUT2D eigenvalue weighted by Gasteiger charge is -2.27. The summed E-state index contributed by atoms with van der Waals surface area (Å²) in [7, 11) is 0. The van der Waals surface area contributed by atoms with Gasteiger partial charge in [-0.1, -0.05) is 12.1 Å². The van der Waals surface area contributed by atoms with Crippen LogP contribution < -0.4 is 10.6 Å². The van der Waals surface area contributed by atoms with E-state index in [1.807, 2.05) is 30.3 Å². The maximum Gasteiger partial charge on any atom is 0.249 e. The number of anilines is 1. The number of morpholine rings is 1. The van der Waals surface area contributed by atoms with E-state index < -0.39 is 5.91 Å². The minimum absolute atomic E-state index is 0.223. The molecule has 4 rings (SSSR count). The average Bonchev–Trinajstić information content (AvgIpc) is 2.73. The molecule has 0 atom stereocenters. The molecule has 0 unspecified atom stereocenters. The van der Waals surface area contributed by atoms with E-state index in [9.17, 15) is 4.79 Å². The zero-order valence-electron chi connectivity index (χ0n) is 14.7. The molecule has 7 heteroatoms. The Morgan fingerprint density at radius 1 is 1.11 bits per heavy atom. The first-order valence-electron chi connectivity index (χ1n) is 8.74. The fraction of sp³-hybridized carbons (Fsp3) is 0.250. The van der Waals surface area contributed by atoms with Crippen LogP contribution in [-0.2, 0) is 10.6 Å². The fourth-order valence-electron chi connectivity index (χ4n) is 3.25. The van der Waals surface area contributed by atoms with Gasteiger partial charge in [-0.3, -0.25) is 9.78 Å². The van der Waals surface area contributed by atoms with E-state index >= 15 is 0 Å². The van der Waals surface area contributed by atoms with Gasteiger partial charge in [0, 0.05) is 24.5 Å². The highest BCUT2D eigenvalue weighted by Gasteiger charge is 2.14. The Balaban J connectivity index is 1.73. The molecule has 0 saturated carbocycles. The Hall–Kier alpha value is -2.70. The van der Waals surface area contributed by atoms with Crippen molar-refractivity contribution in [1.82, 2.24) is 9.97 Å². The third-order valence-corrected chi connectivity index (χ3v) is 5.00. The largest absolute Gasteiger partial charge is 0.378 e. The molecular formula is C20H19ClN4O2. The van der Waals surface area contributed by atoms with E-state index in [1.165, 1.54) is 0 Å². The van der Waals surface area contributed by atoms with E-state index in [4.69, 9.17) is 27.1 Å². The Kier molecular flexibility index (Phi) is 4.92. The summed E-state index contributed by atoms with van der Waals surface area (Å²) in [5.74, 6) is 0.603. The van der Waals surface area contributed by atoms with Crippen molar-refractivity contribution in [3.63, 3.8) is 0 Å². The predicted molar refractivity (Wildman–Crippen MR) is 106 cm³/mol. The van der Waals surface area contributed by atoms with E-state index in [-0.39, 0.29) is 5.88 Å². The summed E-state index contributed by atoms with van der Waals surface area (Å²) in [5, 5.41) is 0. The van der Waals surface area contributed by atoms with Crippen LogP contribution in [0.2, 0.25) is 0 Å². The molecule has 0 bridgehead atoms. The number of hydrogen-bond acceptors (Lipinski definition) is 5. The summed E-state index contributed by atoms with van der Waals surface area (Å²) in [6, 6.07) is 11.4. The van der Waals surface area contributed by atoms with Crippen LogP contribution in [0.3, 0.4) is 0 Å². The molecule has 0 radical (unpaired) electrons. The second-order valence-electron chi connectivity index (χ2n) is 6.40. The van der Waals surface area contributed by atoms with Crippen molar-refractivity contribution in [2.75, 3.05) is 31.2 Å². The first kappa shape index (κ1) is 17.7. The van der Waals surface area contributed by atoms with Crippen molar-refractivity contribution in [3.8, 4) is 11.1 Å². The molecule has 1 saturated heterocycles. The van der Waals surface area contributed by atoms with Crippen LogP contribution >= 0.6 is 11.6 Å². The lowest BCUT2D eigenvalue weighted by molar-refractivity contribution is 0.0999. The Morgan fingerprint density at radius 3 is 2.59 bits per heavy atom. The van der Waals surface area contributed by atoms with Crippen LogP contribution in [0.15, 0.2) is 42.6 Å². The number of carbonyl (C=O) groups is 1. The number of alkyl halides is 1. The van der Waals surface area contributed by atoms with Gasteiger partial charge in [-0.25, -0.2) is 4.98 Å². The topological polar surface area (TPSA) is 81.3 Å². The summed E-state index contributed by atoms with van der Waals surface area (Å²) in [6.07, 6.45) is 1.81. The predicted octanol–water partition coefficient (Wildman–Crippen LogP) is 2.97. The molecule has 1 fully saturated rings. The average molecular weight is 383 g/mol. The molecule has 1 aliphatic rings. The lowest BCUT2D eigenvalue weighted by Crippen LogP contribution is -2.36. The minimum Gasteiger partial charge on any atom is -0.378 e. The van der Waals surface area contributed by atoms with Crippen LogP contribution in [0, 0.1) is 0 Å². The number of carbonyl (C=O) groups excluding carboxylic acids is 1. The zero-order valence-corrected chi connectivity index (χ0v) is 15.4. The molecule has 6 nitrogen and oxygen atoms in total. The summed E-state index contributed by atoms with van der Waals surface area (Å²) in [6.45, 7) is 3.03. The monoisotopic (exact) mass is 382 g/mol. The Morgan fingerprint density at radius 2 is 1.85 bits per heavy atom. The van der Waals surface area contributed by atoms with Gasteiger partial charge >= 0.3 is 0 Å². The van der Waals surface area contributed by atoms with Gasteiger partial charge in [-0.15, -0.1) is 11.6 Å². The number of nitrogens with zero attached hydrogens (tertiary/aromatic N) is 3. The number of amides is 1. The van der Waals surface area contributed by atoms with Crippen molar-refractivity contribution < 1.29 is 9.53 Å².